The van der Waals surface area contributed by atoms with E-state index in [2.05, 4.69) is 0 Å². The van der Waals surface area contributed by atoms with Crippen molar-refractivity contribution in [3.05, 3.63) is 32.8 Å². The van der Waals surface area contributed by atoms with Crippen molar-refractivity contribution in [3.63, 3.8) is 0 Å². The Morgan fingerprint density at radius 1 is 1.28 bits per heavy atom. The monoisotopic (exact) mass is 376 g/mol. The lowest BCUT2D eigenvalue weighted by molar-refractivity contribution is -0.882. The summed E-state index contributed by atoms with van der Waals surface area (Å²) in [5.41, 5.74) is -2.47. The molecule has 2 heterocycles. The molecule has 134 valence electrons. The van der Waals surface area contributed by atoms with E-state index in [1.165, 1.54) is 4.90 Å². The molecular formula is C14H13F3N3O4S+. The molecule has 1 aromatic carbocycles. The summed E-state index contributed by atoms with van der Waals surface area (Å²) in [6.07, 6.45) is -2.26. The lowest BCUT2D eigenvalue weighted by Gasteiger charge is -2.24. The molecule has 1 N–H and O–H groups in total. The molecule has 25 heavy (non-hydrogen) atoms. The summed E-state index contributed by atoms with van der Waals surface area (Å²) in [6, 6.07) is 1.01. The van der Waals surface area contributed by atoms with Crippen molar-refractivity contribution >= 4 is 33.1 Å². The van der Waals surface area contributed by atoms with E-state index in [9.17, 15) is 33.3 Å². The number of hydrogen-bond acceptors (Lipinski definition) is 5. The number of nitro benzene ring substituents is 1. The first kappa shape index (κ1) is 17.4. The molecule has 11 heteroatoms. The smallest absolute Gasteiger partial charge is 0.333 e. The number of alkyl halides is 3. The van der Waals surface area contributed by atoms with Crippen LogP contribution in [-0.2, 0) is 6.18 Å². The SMILES string of the molecule is O=C(c1sc2c([N+](=O)[O-])cc(C(F)(F)F)cc2[n+]1O)N1CCCCC1. The molecule has 1 aliphatic rings. The minimum absolute atomic E-state index is 0.180. The van der Waals surface area contributed by atoms with E-state index in [0.29, 0.717) is 41.3 Å². The number of piperidine rings is 1. The molecule has 0 unspecified atom stereocenters. The number of rotatable bonds is 2. The van der Waals surface area contributed by atoms with E-state index in [1.54, 1.807) is 0 Å². The number of carbonyl (C=O) groups is 1. The number of nitrogens with zero attached hydrogens (tertiary/aromatic N) is 3. The predicted octanol–water partition coefficient (Wildman–Crippen LogP) is 2.98. The van der Waals surface area contributed by atoms with Crippen LogP contribution in [0.4, 0.5) is 18.9 Å². The Bertz CT molecular complexity index is 859. The fourth-order valence-electron chi connectivity index (χ4n) is 2.78. The van der Waals surface area contributed by atoms with Gasteiger partial charge in [0.2, 0.25) is 0 Å². The predicted molar refractivity (Wildman–Crippen MR) is 80.6 cm³/mol. The topological polar surface area (TPSA) is 87.6 Å². The number of hydrogen-bond donors (Lipinski definition) is 1. The Morgan fingerprint density at radius 2 is 1.92 bits per heavy atom. The number of thiazole rings is 1. The van der Waals surface area contributed by atoms with Crippen LogP contribution in [0.15, 0.2) is 12.1 Å². The number of likely N-dealkylation sites (tertiary alicyclic amines) is 1. The molecule has 1 saturated heterocycles. The van der Waals surface area contributed by atoms with Gasteiger partial charge in [0.05, 0.1) is 10.5 Å². The molecule has 0 aliphatic carbocycles. The van der Waals surface area contributed by atoms with Crippen molar-refractivity contribution in [1.82, 2.24) is 4.90 Å². The second-order valence-electron chi connectivity index (χ2n) is 5.67. The Hall–Kier alpha value is -2.43. The third-order valence-corrected chi connectivity index (χ3v) is 5.18. The van der Waals surface area contributed by atoms with Crippen LogP contribution in [0.3, 0.4) is 0 Å². The first-order valence-electron chi connectivity index (χ1n) is 7.43. The van der Waals surface area contributed by atoms with Gasteiger partial charge in [-0.1, -0.05) is 0 Å². The van der Waals surface area contributed by atoms with Gasteiger partial charge in [0.1, 0.15) is 0 Å². The summed E-state index contributed by atoms with van der Waals surface area (Å²) >= 11 is 0.613. The molecule has 7 nitrogen and oxygen atoms in total. The third-order valence-electron chi connectivity index (χ3n) is 4.02. The number of amides is 1. The van der Waals surface area contributed by atoms with Crippen LogP contribution in [0.1, 0.15) is 34.6 Å². The summed E-state index contributed by atoms with van der Waals surface area (Å²) in [4.78, 5) is 24.2. The summed E-state index contributed by atoms with van der Waals surface area (Å²) in [5.74, 6) is -0.550. The molecule has 2 aromatic rings. The summed E-state index contributed by atoms with van der Waals surface area (Å²) in [7, 11) is 0. The molecule has 0 spiro atoms. The molecule has 3 rings (SSSR count). The second-order valence-corrected chi connectivity index (χ2v) is 6.67. The van der Waals surface area contributed by atoms with Gasteiger partial charge in [0.15, 0.2) is 4.70 Å². The van der Waals surface area contributed by atoms with Crippen LogP contribution >= 0.6 is 11.3 Å². The lowest BCUT2D eigenvalue weighted by atomic mass is 10.1. The highest BCUT2D eigenvalue weighted by Gasteiger charge is 2.40. The normalized spacial score (nSPS) is 15.6. The zero-order chi connectivity index (χ0) is 18.4. The maximum atomic E-state index is 13.0. The Labute approximate surface area is 143 Å². The van der Waals surface area contributed by atoms with Gasteiger partial charge in [0, 0.05) is 30.0 Å². The molecule has 0 saturated carbocycles. The van der Waals surface area contributed by atoms with Gasteiger partial charge in [-0.05, 0) is 30.6 Å². The van der Waals surface area contributed by atoms with Gasteiger partial charge in [-0.25, -0.2) is 0 Å². The van der Waals surface area contributed by atoms with Crippen LogP contribution in [0, 0.1) is 10.1 Å². The summed E-state index contributed by atoms with van der Waals surface area (Å²) in [5, 5.41) is 21.1. The number of fused-ring (bicyclic) bond motifs is 1. The highest BCUT2D eigenvalue weighted by molar-refractivity contribution is 7.20. The molecule has 1 aromatic heterocycles. The average molecular weight is 376 g/mol. The number of non-ortho nitro benzene ring substituents is 1. The quantitative estimate of drug-likeness (QED) is 0.378. The lowest BCUT2D eigenvalue weighted by Crippen LogP contribution is -2.43. The summed E-state index contributed by atoms with van der Waals surface area (Å²) < 4.78 is 39.0. The highest BCUT2D eigenvalue weighted by atomic mass is 32.1. The van der Waals surface area contributed by atoms with Crippen molar-refractivity contribution in [3.8, 4) is 0 Å². The molecule has 1 aliphatic heterocycles. The first-order chi connectivity index (χ1) is 11.7. The van der Waals surface area contributed by atoms with Gasteiger partial charge in [-0.3, -0.25) is 20.1 Å². The molecule has 1 amide bonds. The minimum Gasteiger partial charge on any atom is -0.333 e. The third kappa shape index (κ3) is 3.11. The first-order valence-corrected chi connectivity index (χ1v) is 8.24. The standard InChI is InChI=1S/C14H13F3N3O4S/c15-14(16,17)8-6-9-11(10(7-8)20(23)24)25-13(19(9)22)12(21)18-4-2-1-3-5-18/h6-7,22H,1-5H2/q+1. The van der Waals surface area contributed by atoms with Crippen LogP contribution in [0.2, 0.25) is 0 Å². The van der Waals surface area contributed by atoms with Gasteiger partial charge >= 0.3 is 17.1 Å². The van der Waals surface area contributed by atoms with Crippen LogP contribution in [-0.4, -0.2) is 34.0 Å². The van der Waals surface area contributed by atoms with Crippen molar-refractivity contribution in [2.75, 3.05) is 13.1 Å². The van der Waals surface area contributed by atoms with E-state index in [1.807, 2.05) is 0 Å². The van der Waals surface area contributed by atoms with Crippen molar-refractivity contribution in [2.45, 2.75) is 25.4 Å². The van der Waals surface area contributed by atoms with E-state index < -0.39 is 33.8 Å². The Kier molecular flexibility index (Phi) is 4.27. The van der Waals surface area contributed by atoms with E-state index in [-0.39, 0.29) is 9.71 Å². The number of benzene rings is 1. The van der Waals surface area contributed by atoms with E-state index in [4.69, 9.17) is 0 Å². The van der Waals surface area contributed by atoms with Gasteiger partial charge in [0.25, 0.3) is 11.2 Å². The van der Waals surface area contributed by atoms with Gasteiger partial charge < -0.3 is 4.90 Å². The van der Waals surface area contributed by atoms with Crippen molar-refractivity contribution in [2.24, 2.45) is 0 Å². The Morgan fingerprint density at radius 3 is 2.48 bits per heavy atom. The fourth-order valence-corrected chi connectivity index (χ4v) is 3.86. The van der Waals surface area contributed by atoms with E-state index in [0.717, 1.165) is 19.3 Å². The van der Waals surface area contributed by atoms with Crippen LogP contribution < -0.4 is 4.73 Å². The van der Waals surface area contributed by atoms with Crippen LogP contribution in [0.25, 0.3) is 10.2 Å². The van der Waals surface area contributed by atoms with Gasteiger partial charge in [-0.2, -0.15) is 13.2 Å². The number of aromatic nitrogens is 1. The Balaban J connectivity index is 2.16. The molecule has 1 fully saturated rings. The second kappa shape index (κ2) is 6.14. The van der Waals surface area contributed by atoms with E-state index >= 15 is 0 Å². The number of carbonyl (C=O) groups excluding carboxylic acids is 1. The maximum Gasteiger partial charge on any atom is 0.416 e. The van der Waals surface area contributed by atoms with Gasteiger partial charge in [-0.15, -0.1) is 0 Å². The van der Waals surface area contributed by atoms with Crippen molar-refractivity contribution in [1.29, 1.82) is 0 Å². The maximum absolute atomic E-state index is 13.0. The molecule has 0 bridgehead atoms. The van der Waals surface area contributed by atoms with Crippen molar-refractivity contribution < 1.29 is 32.8 Å². The molecule has 0 atom stereocenters. The fraction of sp³-hybridized carbons (Fsp3) is 0.429. The average Bonchev–Trinajstić information content (AvgIpc) is 2.90. The molecular weight excluding hydrogens is 363 g/mol. The summed E-state index contributed by atoms with van der Waals surface area (Å²) in [6.45, 7) is 0.950. The molecule has 0 radical (unpaired) electrons. The number of halogens is 3. The number of nitro groups is 1. The van der Waals surface area contributed by atoms with Crippen LogP contribution in [0.5, 0.6) is 0 Å². The minimum atomic E-state index is -4.81. The largest absolute Gasteiger partial charge is 0.416 e. The zero-order valence-electron chi connectivity index (χ0n) is 12.7. The highest BCUT2D eigenvalue weighted by Crippen LogP contribution is 2.38. The zero-order valence-corrected chi connectivity index (χ0v) is 13.6.